The average Bonchev–Trinajstić information content (AvgIpc) is 2.47. The van der Waals surface area contributed by atoms with E-state index in [1.54, 1.807) is 0 Å². The number of rotatable bonds is 9. The summed E-state index contributed by atoms with van der Waals surface area (Å²) in [5.41, 5.74) is 8.98. The second-order valence-corrected chi connectivity index (χ2v) is 6.66. The van der Waals surface area contributed by atoms with E-state index in [9.17, 15) is 4.79 Å². The van der Waals surface area contributed by atoms with Crippen molar-refractivity contribution in [3.05, 3.63) is 29.3 Å². The highest BCUT2D eigenvalue weighted by molar-refractivity contribution is 5.91. The molecule has 0 saturated carbocycles. The van der Waals surface area contributed by atoms with Crippen molar-refractivity contribution in [2.24, 2.45) is 5.73 Å². The van der Waals surface area contributed by atoms with Gasteiger partial charge in [0.1, 0.15) is 0 Å². The van der Waals surface area contributed by atoms with E-state index >= 15 is 0 Å². The standard InChI is InChI=1S/C19H32N2O.ClH/c1-14(2)16-10-11-18(17(13-16)15(3)4)21-19(22)9-7-5-6-8-12-20;/h10-11,13-15H,5-9,12,20H2,1-4H3,(H,21,22);1H. The Hall–Kier alpha value is -1.06. The number of benzene rings is 1. The van der Waals surface area contributed by atoms with Crippen LogP contribution < -0.4 is 11.1 Å². The van der Waals surface area contributed by atoms with Gasteiger partial charge in [-0.3, -0.25) is 4.79 Å². The number of hydrogen-bond acceptors (Lipinski definition) is 2. The lowest BCUT2D eigenvalue weighted by Crippen LogP contribution is -2.13. The minimum absolute atomic E-state index is 0. The first-order valence-electron chi connectivity index (χ1n) is 8.59. The molecule has 0 heterocycles. The highest BCUT2D eigenvalue weighted by Gasteiger charge is 2.12. The van der Waals surface area contributed by atoms with Gasteiger partial charge < -0.3 is 11.1 Å². The average molecular weight is 341 g/mol. The van der Waals surface area contributed by atoms with Gasteiger partial charge in [0.15, 0.2) is 0 Å². The maximum absolute atomic E-state index is 12.1. The minimum Gasteiger partial charge on any atom is -0.330 e. The number of carbonyl (C=O) groups excluding carboxylic acids is 1. The first-order chi connectivity index (χ1) is 10.5. The Balaban J connectivity index is 0.00000484. The molecule has 3 N–H and O–H groups in total. The van der Waals surface area contributed by atoms with E-state index < -0.39 is 0 Å². The van der Waals surface area contributed by atoms with Crippen LogP contribution in [0.15, 0.2) is 18.2 Å². The quantitative estimate of drug-likeness (QED) is 0.607. The number of unbranched alkanes of at least 4 members (excludes halogenated alkanes) is 3. The maximum atomic E-state index is 12.1. The molecule has 0 fully saturated rings. The molecule has 3 nitrogen and oxygen atoms in total. The van der Waals surface area contributed by atoms with Gasteiger partial charge in [-0.15, -0.1) is 12.4 Å². The van der Waals surface area contributed by atoms with Crippen molar-refractivity contribution in [1.29, 1.82) is 0 Å². The van der Waals surface area contributed by atoms with Crippen LogP contribution in [0, 0.1) is 0 Å². The zero-order valence-corrected chi connectivity index (χ0v) is 15.8. The fourth-order valence-electron chi connectivity index (χ4n) is 2.53. The lowest BCUT2D eigenvalue weighted by molar-refractivity contribution is -0.116. The first kappa shape index (κ1) is 21.9. The van der Waals surface area contributed by atoms with Crippen molar-refractivity contribution in [3.63, 3.8) is 0 Å². The fourth-order valence-corrected chi connectivity index (χ4v) is 2.53. The number of nitrogens with two attached hydrogens (primary N) is 1. The van der Waals surface area contributed by atoms with Crippen LogP contribution in [0.3, 0.4) is 0 Å². The highest BCUT2D eigenvalue weighted by atomic mass is 35.5. The molecular weight excluding hydrogens is 308 g/mol. The molecular formula is C19H33ClN2O. The molecule has 4 heteroatoms. The topological polar surface area (TPSA) is 55.1 Å². The first-order valence-corrected chi connectivity index (χ1v) is 8.59. The Kier molecular flexibility index (Phi) is 10.9. The Labute approximate surface area is 147 Å². The third kappa shape index (κ3) is 7.85. The molecule has 0 bridgehead atoms. The molecule has 1 aromatic carbocycles. The van der Waals surface area contributed by atoms with Crippen LogP contribution >= 0.6 is 12.4 Å². The predicted octanol–water partition coefficient (Wildman–Crippen LogP) is 5.20. The Morgan fingerprint density at radius 2 is 1.70 bits per heavy atom. The van der Waals surface area contributed by atoms with Crippen molar-refractivity contribution in [1.82, 2.24) is 0 Å². The molecule has 23 heavy (non-hydrogen) atoms. The molecule has 0 spiro atoms. The van der Waals surface area contributed by atoms with Gasteiger partial charge in [0.05, 0.1) is 0 Å². The monoisotopic (exact) mass is 340 g/mol. The number of anilines is 1. The Morgan fingerprint density at radius 3 is 2.26 bits per heavy atom. The van der Waals surface area contributed by atoms with E-state index in [1.165, 1.54) is 11.1 Å². The molecule has 0 atom stereocenters. The van der Waals surface area contributed by atoms with Crippen LogP contribution in [-0.4, -0.2) is 12.5 Å². The minimum atomic E-state index is 0. The summed E-state index contributed by atoms with van der Waals surface area (Å²) < 4.78 is 0. The molecule has 1 rings (SSSR count). The summed E-state index contributed by atoms with van der Waals surface area (Å²) >= 11 is 0. The normalized spacial score (nSPS) is 10.7. The Bertz CT molecular complexity index is 472. The van der Waals surface area contributed by atoms with Crippen LogP contribution in [0.4, 0.5) is 5.69 Å². The number of carbonyl (C=O) groups is 1. The summed E-state index contributed by atoms with van der Waals surface area (Å²) in [7, 11) is 0. The van der Waals surface area contributed by atoms with E-state index in [4.69, 9.17) is 5.73 Å². The molecule has 0 radical (unpaired) electrons. The second kappa shape index (κ2) is 11.5. The van der Waals surface area contributed by atoms with Gasteiger partial charge >= 0.3 is 0 Å². The Morgan fingerprint density at radius 1 is 1.04 bits per heavy atom. The molecule has 0 aliphatic carbocycles. The van der Waals surface area contributed by atoms with Gasteiger partial charge in [-0.1, -0.05) is 52.7 Å². The van der Waals surface area contributed by atoms with Crippen molar-refractivity contribution in [3.8, 4) is 0 Å². The van der Waals surface area contributed by atoms with Crippen LogP contribution in [0.2, 0.25) is 0 Å². The molecule has 0 saturated heterocycles. The summed E-state index contributed by atoms with van der Waals surface area (Å²) in [4.78, 5) is 12.1. The zero-order chi connectivity index (χ0) is 16.5. The molecule has 0 aromatic heterocycles. The van der Waals surface area contributed by atoms with Gasteiger partial charge in [-0.25, -0.2) is 0 Å². The maximum Gasteiger partial charge on any atom is 0.224 e. The SMILES string of the molecule is CC(C)c1ccc(NC(=O)CCCCCCN)c(C(C)C)c1.Cl. The van der Waals surface area contributed by atoms with Crippen LogP contribution in [0.5, 0.6) is 0 Å². The third-order valence-corrected chi connectivity index (χ3v) is 4.00. The highest BCUT2D eigenvalue weighted by Crippen LogP contribution is 2.28. The molecule has 1 aromatic rings. The summed E-state index contributed by atoms with van der Waals surface area (Å²) in [5, 5.41) is 3.09. The molecule has 0 unspecified atom stereocenters. The van der Waals surface area contributed by atoms with Gasteiger partial charge in [0.2, 0.25) is 5.91 Å². The number of halogens is 1. The summed E-state index contributed by atoms with van der Waals surface area (Å²) in [6.45, 7) is 9.47. The smallest absolute Gasteiger partial charge is 0.224 e. The van der Waals surface area contributed by atoms with E-state index in [0.29, 0.717) is 18.3 Å². The van der Waals surface area contributed by atoms with Crippen LogP contribution in [0.1, 0.15) is 82.8 Å². The van der Waals surface area contributed by atoms with Gasteiger partial charge in [0.25, 0.3) is 0 Å². The molecule has 132 valence electrons. The van der Waals surface area contributed by atoms with Crippen molar-refractivity contribution in [2.45, 2.75) is 71.6 Å². The van der Waals surface area contributed by atoms with E-state index in [0.717, 1.165) is 37.9 Å². The largest absolute Gasteiger partial charge is 0.330 e. The molecule has 0 aliphatic heterocycles. The van der Waals surface area contributed by atoms with Crippen molar-refractivity contribution in [2.75, 3.05) is 11.9 Å². The van der Waals surface area contributed by atoms with Crippen LogP contribution in [0.25, 0.3) is 0 Å². The zero-order valence-electron chi connectivity index (χ0n) is 15.0. The predicted molar refractivity (Wildman–Crippen MR) is 103 cm³/mol. The lowest BCUT2D eigenvalue weighted by atomic mass is 9.94. The van der Waals surface area contributed by atoms with Gasteiger partial charge in [-0.2, -0.15) is 0 Å². The number of hydrogen-bond donors (Lipinski definition) is 2. The summed E-state index contributed by atoms with van der Waals surface area (Å²) in [6.07, 6.45) is 4.77. The number of nitrogens with one attached hydrogen (secondary N) is 1. The fraction of sp³-hybridized carbons (Fsp3) is 0.632. The van der Waals surface area contributed by atoms with Gasteiger partial charge in [0, 0.05) is 12.1 Å². The van der Waals surface area contributed by atoms with Crippen molar-refractivity contribution < 1.29 is 4.79 Å². The number of amides is 1. The lowest BCUT2D eigenvalue weighted by Gasteiger charge is -2.17. The summed E-state index contributed by atoms with van der Waals surface area (Å²) in [5.74, 6) is 1.02. The van der Waals surface area contributed by atoms with E-state index in [-0.39, 0.29) is 18.3 Å². The van der Waals surface area contributed by atoms with Gasteiger partial charge in [-0.05, 0) is 48.4 Å². The second-order valence-electron chi connectivity index (χ2n) is 6.66. The van der Waals surface area contributed by atoms with Crippen LogP contribution in [-0.2, 0) is 4.79 Å². The van der Waals surface area contributed by atoms with E-state index in [2.05, 4.69) is 51.2 Å². The van der Waals surface area contributed by atoms with E-state index in [1.807, 2.05) is 0 Å². The third-order valence-electron chi connectivity index (χ3n) is 4.00. The molecule has 0 aliphatic rings. The van der Waals surface area contributed by atoms with Crippen molar-refractivity contribution >= 4 is 24.0 Å². The summed E-state index contributed by atoms with van der Waals surface area (Å²) in [6, 6.07) is 6.40. The molecule has 1 amide bonds.